The van der Waals surface area contributed by atoms with Crippen LogP contribution in [0, 0.1) is 0 Å². The maximum atomic E-state index is 9.53. The first-order chi connectivity index (χ1) is 11.3. The highest BCUT2D eigenvalue weighted by Crippen LogP contribution is 2.27. The van der Waals surface area contributed by atoms with Gasteiger partial charge in [-0.05, 0) is 44.4 Å². The quantitative estimate of drug-likeness (QED) is 0.922. The molecule has 0 saturated carbocycles. The Morgan fingerprint density at radius 2 is 1.87 bits per heavy atom. The van der Waals surface area contributed by atoms with Crippen LogP contribution in [0.25, 0.3) is 11.2 Å². The zero-order valence-corrected chi connectivity index (χ0v) is 13.3. The van der Waals surface area contributed by atoms with E-state index in [2.05, 4.69) is 25.8 Å². The first-order valence-electron chi connectivity index (χ1n) is 8.54. The van der Waals surface area contributed by atoms with E-state index in [1.807, 2.05) is 6.07 Å². The standard InChI is InChI=1S/C17H23N5O/c23-12-14-4-1-9-21(14)11-13-3-2-10-22(13)16-6-5-15-17(20-16)19-8-7-18-15/h5-8,13-14,23H,1-4,9-12H2. The Labute approximate surface area is 136 Å². The topological polar surface area (TPSA) is 65.4 Å². The molecule has 2 unspecified atom stereocenters. The third-order valence-corrected chi connectivity index (χ3v) is 5.14. The van der Waals surface area contributed by atoms with Crippen LogP contribution in [0.5, 0.6) is 0 Å². The lowest BCUT2D eigenvalue weighted by atomic mass is 10.2. The Morgan fingerprint density at radius 1 is 1.04 bits per heavy atom. The highest BCUT2D eigenvalue weighted by Gasteiger charge is 2.31. The van der Waals surface area contributed by atoms with Crippen molar-refractivity contribution in [2.75, 3.05) is 31.1 Å². The number of aromatic nitrogens is 3. The summed E-state index contributed by atoms with van der Waals surface area (Å²) in [5.74, 6) is 1.00. The second-order valence-corrected chi connectivity index (χ2v) is 6.53. The van der Waals surface area contributed by atoms with Crippen molar-refractivity contribution in [1.82, 2.24) is 19.9 Å². The summed E-state index contributed by atoms with van der Waals surface area (Å²) in [6.45, 7) is 3.44. The number of aliphatic hydroxyl groups excluding tert-OH is 1. The van der Waals surface area contributed by atoms with Gasteiger partial charge in [0.15, 0.2) is 5.65 Å². The van der Waals surface area contributed by atoms with E-state index >= 15 is 0 Å². The van der Waals surface area contributed by atoms with E-state index in [1.165, 1.54) is 19.3 Å². The number of aliphatic hydroxyl groups is 1. The van der Waals surface area contributed by atoms with Gasteiger partial charge in [-0.25, -0.2) is 9.97 Å². The van der Waals surface area contributed by atoms with Crippen molar-refractivity contribution >= 4 is 17.0 Å². The van der Waals surface area contributed by atoms with Crippen LogP contribution < -0.4 is 4.90 Å². The number of pyridine rings is 1. The van der Waals surface area contributed by atoms with Crippen molar-refractivity contribution in [3.05, 3.63) is 24.5 Å². The molecule has 0 radical (unpaired) electrons. The van der Waals surface area contributed by atoms with Crippen molar-refractivity contribution in [3.63, 3.8) is 0 Å². The Balaban J connectivity index is 1.54. The molecule has 0 bridgehead atoms. The van der Waals surface area contributed by atoms with Crippen LogP contribution >= 0.6 is 0 Å². The fraction of sp³-hybridized carbons (Fsp3) is 0.588. The number of nitrogens with zero attached hydrogens (tertiary/aromatic N) is 5. The third-order valence-electron chi connectivity index (χ3n) is 5.14. The van der Waals surface area contributed by atoms with Crippen LogP contribution in [0.15, 0.2) is 24.5 Å². The van der Waals surface area contributed by atoms with E-state index in [9.17, 15) is 5.11 Å². The van der Waals surface area contributed by atoms with Crippen LogP contribution in [0.1, 0.15) is 25.7 Å². The van der Waals surface area contributed by atoms with Crippen molar-refractivity contribution < 1.29 is 5.11 Å². The Kier molecular flexibility index (Phi) is 4.10. The van der Waals surface area contributed by atoms with E-state index in [0.29, 0.717) is 17.7 Å². The molecule has 2 aliphatic heterocycles. The largest absolute Gasteiger partial charge is 0.395 e. The highest BCUT2D eigenvalue weighted by molar-refractivity contribution is 5.71. The number of hydrogen-bond donors (Lipinski definition) is 1. The highest BCUT2D eigenvalue weighted by atomic mass is 16.3. The van der Waals surface area contributed by atoms with Gasteiger partial charge in [-0.3, -0.25) is 9.88 Å². The van der Waals surface area contributed by atoms with Crippen molar-refractivity contribution in [1.29, 1.82) is 0 Å². The summed E-state index contributed by atoms with van der Waals surface area (Å²) in [6.07, 6.45) is 8.09. The normalized spacial score (nSPS) is 25.5. The van der Waals surface area contributed by atoms with Crippen LogP contribution in [0.3, 0.4) is 0 Å². The summed E-state index contributed by atoms with van der Waals surface area (Å²) in [7, 11) is 0. The number of likely N-dealkylation sites (tertiary alicyclic amines) is 1. The first-order valence-corrected chi connectivity index (χ1v) is 8.54. The molecule has 6 nitrogen and oxygen atoms in total. The molecule has 2 atom stereocenters. The summed E-state index contributed by atoms with van der Waals surface area (Å²) < 4.78 is 0. The van der Waals surface area contributed by atoms with Gasteiger partial charge in [0.1, 0.15) is 11.3 Å². The van der Waals surface area contributed by atoms with Crippen molar-refractivity contribution in [2.45, 2.75) is 37.8 Å². The molecule has 6 heteroatoms. The molecule has 2 aromatic rings. The minimum Gasteiger partial charge on any atom is -0.395 e. The zero-order valence-electron chi connectivity index (χ0n) is 13.3. The lowest BCUT2D eigenvalue weighted by Crippen LogP contribution is -2.43. The molecule has 2 saturated heterocycles. The molecule has 0 aliphatic carbocycles. The monoisotopic (exact) mass is 313 g/mol. The van der Waals surface area contributed by atoms with E-state index < -0.39 is 0 Å². The number of anilines is 1. The zero-order chi connectivity index (χ0) is 15.6. The van der Waals surface area contributed by atoms with Gasteiger partial charge in [-0.15, -0.1) is 0 Å². The van der Waals surface area contributed by atoms with Gasteiger partial charge >= 0.3 is 0 Å². The van der Waals surface area contributed by atoms with Crippen LogP contribution in [0.2, 0.25) is 0 Å². The average molecular weight is 313 g/mol. The summed E-state index contributed by atoms with van der Waals surface area (Å²) in [6, 6.07) is 4.88. The molecule has 122 valence electrons. The lowest BCUT2D eigenvalue weighted by Gasteiger charge is -2.32. The summed E-state index contributed by atoms with van der Waals surface area (Å²) >= 11 is 0. The molecule has 1 N–H and O–H groups in total. The van der Waals surface area contributed by atoms with Crippen LogP contribution in [-0.4, -0.2) is 63.3 Å². The predicted octanol–water partition coefficient (Wildman–Crippen LogP) is 1.45. The summed E-state index contributed by atoms with van der Waals surface area (Å²) in [5, 5.41) is 9.53. The van der Waals surface area contributed by atoms with E-state index in [4.69, 9.17) is 4.98 Å². The minimum absolute atomic E-state index is 0.274. The van der Waals surface area contributed by atoms with Gasteiger partial charge in [0.05, 0.1) is 6.61 Å². The maximum absolute atomic E-state index is 9.53. The van der Waals surface area contributed by atoms with Gasteiger partial charge in [0, 0.05) is 37.6 Å². The molecular formula is C17H23N5O. The fourth-order valence-corrected chi connectivity index (χ4v) is 3.94. The number of rotatable bonds is 4. The molecule has 2 aromatic heterocycles. The van der Waals surface area contributed by atoms with Gasteiger partial charge in [0.25, 0.3) is 0 Å². The number of hydrogen-bond acceptors (Lipinski definition) is 6. The molecule has 0 aromatic carbocycles. The maximum Gasteiger partial charge on any atom is 0.180 e. The van der Waals surface area contributed by atoms with Gasteiger partial charge in [0.2, 0.25) is 0 Å². The van der Waals surface area contributed by atoms with Gasteiger partial charge in [-0.1, -0.05) is 0 Å². The Bertz CT molecular complexity index is 679. The molecule has 0 spiro atoms. The van der Waals surface area contributed by atoms with Gasteiger partial charge < -0.3 is 10.0 Å². The average Bonchev–Trinajstić information content (AvgIpc) is 3.24. The Morgan fingerprint density at radius 3 is 2.78 bits per heavy atom. The molecule has 23 heavy (non-hydrogen) atoms. The molecule has 2 aliphatic rings. The fourth-order valence-electron chi connectivity index (χ4n) is 3.94. The number of fused-ring (bicyclic) bond motifs is 1. The summed E-state index contributed by atoms with van der Waals surface area (Å²) in [5.41, 5.74) is 1.55. The first kappa shape index (κ1) is 14.8. The minimum atomic E-state index is 0.274. The van der Waals surface area contributed by atoms with E-state index in [0.717, 1.165) is 37.4 Å². The molecule has 4 heterocycles. The van der Waals surface area contributed by atoms with Crippen LogP contribution in [0.4, 0.5) is 5.82 Å². The second-order valence-electron chi connectivity index (χ2n) is 6.53. The predicted molar refractivity (Wildman–Crippen MR) is 89.4 cm³/mol. The second kappa shape index (κ2) is 6.37. The molecular weight excluding hydrogens is 290 g/mol. The SMILES string of the molecule is OCC1CCCN1CC1CCCN1c1ccc2nccnc2n1. The van der Waals surface area contributed by atoms with Crippen molar-refractivity contribution in [3.8, 4) is 0 Å². The third kappa shape index (κ3) is 2.88. The van der Waals surface area contributed by atoms with E-state index in [-0.39, 0.29) is 6.61 Å². The Hall–Kier alpha value is -1.79. The molecule has 4 rings (SSSR count). The van der Waals surface area contributed by atoms with E-state index in [1.54, 1.807) is 12.4 Å². The smallest absolute Gasteiger partial charge is 0.180 e. The molecule has 0 amide bonds. The van der Waals surface area contributed by atoms with Crippen LogP contribution in [-0.2, 0) is 0 Å². The lowest BCUT2D eigenvalue weighted by molar-refractivity contribution is 0.153. The van der Waals surface area contributed by atoms with Gasteiger partial charge in [-0.2, -0.15) is 0 Å². The molecule has 2 fully saturated rings. The van der Waals surface area contributed by atoms with Crippen molar-refractivity contribution in [2.24, 2.45) is 0 Å². The summed E-state index contributed by atoms with van der Waals surface area (Å²) in [4.78, 5) is 18.2.